The van der Waals surface area contributed by atoms with Gasteiger partial charge in [-0.15, -0.1) is 0 Å². The fourth-order valence-electron chi connectivity index (χ4n) is 1.38. The Hall–Kier alpha value is -0.610. The quantitative estimate of drug-likeness (QED) is 0.531. The molecule has 0 radical (unpaired) electrons. The van der Waals surface area contributed by atoms with Gasteiger partial charge in [0.15, 0.2) is 0 Å². The topological polar surface area (TPSA) is 50.4 Å². The highest BCUT2D eigenvalue weighted by Crippen LogP contribution is 2.03. The van der Waals surface area contributed by atoms with Crippen LogP contribution in [-0.2, 0) is 9.53 Å². The van der Waals surface area contributed by atoms with Crippen molar-refractivity contribution < 1.29 is 9.53 Å². The third kappa shape index (κ3) is 6.80. The summed E-state index contributed by atoms with van der Waals surface area (Å²) in [6.45, 7) is 12.0. The predicted octanol–water partition coefficient (Wildman–Crippen LogP) is 1.16. The molecular weight excluding hydrogens is 204 g/mol. The van der Waals surface area contributed by atoms with Crippen LogP contribution in [0.15, 0.2) is 0 Å². The molecule has 0 amide bonds. The van der Waals surface area contributed by atoms with Crippen LogP contribution in [0.2, 0.25) is 0 Å². The van der Waals surface area contributed by atoms with Crippen molar-refractivity contribution in [3.05, 3.63) is 0 Å². The summed E-state index contributed by atoms with van der Waals surface area (Å²) in [5, 5.41) is 6.56. The van der Waals surface area contributed by atoms with Crippen LogP contribution in [-0.4, -0.2) is 37.7 Å². The number of nitrogens with one attached hydrogen (secondary N) is 2. The zero-order valence-corrected chi connectivity index (χ0v) is 11.4. The molecule has 0 aliphatic heterocycles. The van der Waals surface area contributed by atoms with Crippen LogP contribution in [0.3, 0.4) is 0 Å². The molecule has 0 heterocycles. The first-order valence-electron chi connectivity index (χ1n) is 5.84. The molecule has 0 fully saturated rings. The third-order valence-electron chi connectivity index (χ3n) is 2.27. The molecule has 0 aromatic rings. The summed E-state index contributed by atoms with van der Waals surface area (Å²) in [5.41, 5.74) is 0.111. The van der Waals surface area contributed by atoms with E-state index in [0.29, 0.717) is 0 Å². The maximum Gasteiger partial charge on any atom is 0.323 e. The first kappa shape index (κ1) is 15.4. The van der Waals surface area contributed by atoms with E-state index >= 15 is 0 Å². The van der Waals surface area contributed by atoms with E-state index in [0.717, 1.165) is 13.1 Å². The lowest BCUT2D eigenvalue weighted by atomic mass is 10.0. The highest BCUT2D eigenvalue weighted by Gasteiger charge is 2.21. The van der Waals surface area contributed by atoms with Crippen molar-refractivity contribution in [2.24, 2.45) is 5.92 Å². The highest BCUT2D eigenvalue weighted by atomic mass is 16.5. The summed E-state index contributed by atoms with van der Waals surface area (Å²) in [4.78, 5) is 11.4. The van der Waals surface area contributed by atoms with Crippen LogP contribution in [0.25, 0.3) is 0 Å². The first-order chi connectivity index (χ1) is 7.28. The molecule has 0 saturated heterocycles. The van der Waals surface area contributed by atoms with Gasteiger partial charge in [-0.1, -0.05) is 13.8 Å². The van der Waals surface area contributed by atoms with Gasteiger partial charge in [0.2, 0.25) is 0 Å². The van der Waals surface area contributed by atoms with Gasteiger partial charge in [-0.3, -0.25) is 4.79 Å². The van der Waals surface area contributed by atoms with Crippen molar-refractivity contribution >= 4 is 5.97 Å². The number of carbonyl (C=O) groups is 1. The van der Waals surface area contributed by atoms with Crippen molar-refractivity contribution in [1.82, 2.24) is 10.6 Å². The van der Waals surface area contributed by atoms with Crippen LogP contribution >= 0.6 is 0 Å². The van der Waals surface area contributed by atoms with Gasteiger partial charge >= 0.3 is 5.97 Å². The zero-order valence-electron chi connectivity index (χ0n) is 11.4. The van der Waals surface area contributed by atoms with Crippen molar-refractivity contribution in [2.75, 3.05) is 20.2 Å². The Bertz CT molecular complexity index is 210. The third-order valence-corrected chi connectivity index (χ3v) is 2.27. The standard InChI is InChI=1S/C12H26N2O2/c1-9(2)10(11(15)16-6)13-7-8-14-12(3,4)5/h9-10,13-14H,7-8H2,1-6H3. The molecule has 0 aliphatic carbocycles. The largest absolute Gasteiger partial charge is 0.468 e. The molecule has 16 heavy (non-hydrogen) atoms. The molecule has 96 valence electrons. The van der Waals surface area contributed by atoms with Gasteiger partial charge < -0.3 is 15.4 Å². The first-order valence-corrected chi connectivity index (χ1v) is 5.84. The Balaban J connectivity index is 3.91. The van der Waals surface area contributed by atoms with Gasteiger partial charge in [0, 0.05) is 18.6 Å². The predicted molar refractivity (Wildman–Crippen MR) is 66.4 cm³/mol. The average molecular weight is 230 g/mol. The summed E-state index contributed by atoms with van der Waals surface area (Å²) < 4.78 is 4.75. The van der Waals surface area contributed by atoms with Gasteiger partial charge in [0.1, 0.15) is 6.04 Å². The normalized spacial score (nSPS) is 13.9. The lowest BCUT2D eigenvalue weighted by Crippen LogP contribution is -2.46. The van der Waals surface area contributed by atoms with Gasteiger partial charge in [0.05, 0.1) is 7.11 Å². The number of hydrogen-bond acceptors (Lipinski definition) is 4. The van der Waals surface area contributed by atoms with Gasteiger partial charge in [-0.2, -0.15) is 0 Å². The van der Waals surface area contributed by atoms with Crippen LogP contribution in [0, 0.1) is 5.92 Å². The maximum absolute atomic E-state index is 11.4. The molecule has 0 rings (SSSR count). The van der Waals surface area contributed by atoms with Crippen LogP contribution in [0.4, 0.5) is 0 Å². The summed E-state index contributed by atoms with van der Waals surface area (Å²) in [6.07, 6.45) is 0. The number of esters is 1. The molecule has 2 N–H and O–H groups in total. The fraction of sp³-hybridized carbons (Fsp3) is 0.917. The van der Waals surface area contributed by atoms with E-state index in [-0.39, 0.29) is 23.5 Å². The Morgan fingerprint density at radius 2 is 1.81 bits per heavy atom. The molecular formula is C12H26N2O2. The monoisotopic (exact) mass is 230 g/mol. The molecule has 0 aromatic carbocycles. The van der Waals surface area contributed by atoms with E-state index in [2.05, 4.69) is 31.4 Å². The molecule has 0 saturated carbocycles. The summed E-state index contributed by atoms with van der Waals surface area (Å²) >= 11 is 0. The van der Waals surface area contributed by atoms with Crippen molar-refractivity contribution in [1.29, 1.82) is 0 Å². The Labute approximate surface area is 99.1 Å². The number of ether oxygens (including phenoxy) is 1. The van der Waals surface area contributed by atoms with E-state index in [1.165, 1.54) is 7.11 Å². The number of methoxy groups -OCH3 is 1. The van der Waals surface area contributed by atoms with E-state index in [4.69, 9.17) is 4.74 Å². The average Bonchev–Trinajstić information content (AvgIpc) is 2.14. The Morgan fingerprint density at radius 1 is 1.25 bits per heavy atom. The Kier molecular flexibility index (Phi) is 6.60. The molecule has 1 atom stereocenters. The Morgan fingerprint density at radius 3 is 2.19 bits per heavy atom. The van der Waals surface area contributed by atoms with E-state index in [1.807, 2.05) is 13.8 Å². The van der Waals surface area contributed by atoms with E-state index < -0.39 is 0 Å². The lowest BCUT2D eigenvalue weighted by Gasteiger charge is -2.23. The smallest absolute Gasteiger partial charge is 0.323 e. The summed E-state index contributed by atoms with van der Waals surface area (Å²) in [7, 11) is 1.42. The second-order valence-corrected chi connectivity index (χ2v) is 5.38. The molecule has 4 heteroatoms. The van der Waals surface area contributed by atoms with Crippen LogP contribution in [0.5, 0.6) is 0 Å². The second-order valence-electron chi connectivity index (χ2n) is 5.38. The molecule has 1 unspecified atom stereocenters. The molecule has 0 spiro atoms. The van der Waals surface area contributed by atoms with Gasteiger partial charge in [-0.05, 0) is 26.7 Å². The van der Waals surface area contributed by atoms with Crippen molar-refractivity contribution in [2.45, 2.75) is 46.2 Å². The molecule has 0 aromatic heterocycles. The number of rotatable bonds is 6. The SMILES string of the molecule is COC(=O)C(NCCNC(C)(C)C)C(C)C. The minimum atomic E-state index is -0.216. The highest BCUT2D eigenvalue weighted by molar-refractivity contribution is 5.75. The van der Waals surface area contributed by atoms with Gasteiger partial charge in [-0.25, -0.2) is 0 Å². The number of carbonyl (C=O) groups excluding carboxylic acids is 1. The van der Waals surface area contributed by atoms with Gasteiger partial charge in [0.25, 0.3) is 0 Å². The summed E-state index contributed by atoms with van der Waals surface area (Å²) in [6, 6.07) is -0.216. The molecule has 0 aliphatic rings. The van der Waals surface area contributed by atoms with E-state index in [9.17, 15) is 4.79 Å². The lowest BCUT2D eigenvalue weighted by molar-refractivity contribution is -0.144. The second kappa shape index (κ2) is 6.86. The summed E-state index contributed by atoms with van der Waals surface area (Å²) in [5.74, 6) is 0.0489. The minimum absolute atomic E-state index is 0.111. The van der Waals surface area contributed by atoms with Crippen LogP contribution < -0.4 is 10.6 Å². The molecule has 4 nitrogen and oxygen atoms in total. The number of hydrogen-bond donors (Lipinski definition) is 2. The fourth-order valence-corrected chi connectivity index (χ4v) is 1.38. The molecule has 0 bridgehead atoms. The van der Waals surface area contributed by atoms with Crippen molar-refractivity contribution in [3.63, 3.8) is 0 Å². The minimum Gasteiger partial charge on any atom is -0.468 e. The van der Waals surface area contributed by atoms with Crippen molar-refractivity contribution in [3.8, 4) is 0 Å². The van der Waals surface area contributed by atoms with E-state index in [1.54, 1.807) is 0 Å². The zero-order chi connectivity index (χ0) is 12.8. The maximum atomic E-state index is 11.4. The van der Waals surface area contributed by atoms with Crippen LogP contribution in [0.1, 0.15) is 34.6 Å².